The minimum atomic E-state index is 0.258. The topological polar surface area (TPSA) is 32.8 Å². The Bertz CT molecular complexity index is 668. The molecule has 0 radical (unpaired) electrons. The number of benzene rings is 2. The van der Waals surface area contributed by atoms with Crippen LogP contribution in [0.4, 0.5) is 5.69 Å². The van der Waals surface area contributed by atoms with E-state index in [2.05, 4.69) is 29.2 Å². The molecule has 4 nitrogen and oxygen atoms in total. The number of hydrogen-bond donors (Lipinski definition) is 0. The number of methoxy groups -OCH3 is 1. The third-order valence-electron chi connectivity index (χ3n) is 4.40. The maximum absolute atomic E-state index is 12.4. The van der Waals surface area contributed by atoms with E-state index in [9.17, 15) is 4.79 Å². The minimum absolute atomic E-state index is 0.258. The van der Waals surface area contributed by atoms with E-state index >= 15 is 0 Å². The molecule has 0 bridgehead atoms. The molecule has 0 atom stereocenters. The van der Waals surface area contributed by atoms with Crippen LogP contribution in [0.1, 0.15) is 6.42 Å². The van der Waals surface area contributed by atoms with E-state index < -0.39 is 0 Å². The predicted octanol–water partition coefficient (Wildman–Crippen LogP) is 3.53. The summed E-state index contributed by atoms with van der Waals surface area (Å²) < 4.78 is 5.16. The van der Waals surface area contributed by atoms with Crippen LogP contribution in [-0.2, 0) is 4.79 Å². The lowest BCUT2D eigenvalue weighted by molar-refractivity contribution is -0.131. The monoisotopic (exact) mass is 356 g/mol. The third-order valence-corrected chi connectivity index (χ3v) is 5.41. The Hall–Kier alpha value is -2.14. The molecule has 1 aliphatic rings. The molecule has 3 rings (SSSR count). The summed E-state index contributed by atoms with van der Waals surface area (Å²) in [6.07, 6.45) is 0.585. The highest BCUT2D eigenvalue weighted by Gasteiger charge is 2.20. The van der Waals surface area contributed by atoms with E-state index in [1.807, 2.05) is 35.2 Å². The Kier molecular flexibility index (Phi) is 6.23. The fraction of sp³-hybridized carbons (Fsp3) is 0.350. The Labute approximate surface area is 153 Å². The molecule has 1 saturated heterocycles. The second kappa shape index (κ2) is 8.81. The molecule has 25 heavy (non-hydrogen) atoms. The van der Waals surface area contributed by atoms with Crippen molar-refractivity contribution in [3.63, 3.8) is 0 Å². The first-order chi connectivity index (χ1) is 12.3. The van der Waals surface area contributed by atoms with E-state index in [1.54, 1.807) is 18.9 Å². The van der Waals surface area contributed by atoms with Crippen molar-refractivity contribution in [1.82, 2.24) is 4.90 Å². The van der Waals surface area contributed by atoms with Crippen molar-refractivity contribution in [3.8, 4) is 5.75 Å². The molecule has 5 heteroatoms. The van der Waals surface area contributed by atoms with Gasteiger partial charge >= 0.3 is 0 Å². The molecule has 0 saturated carbocycles. The molecular formula is C20H24N2O2S. The molecule has 132 valence electrons. The van der Waals surface area contributed by atoms with Gasteiger partial charge in [0, 0.05) is 48.9 Å². The van der Waals surface area contributed by atoms with Gasteiger partial charge in [-0.1, -0.05) is 18.2 Å². The lowest BCUT2D eigenvalue weighted by atomic mass is 10.2. The lowest BCUT2D eigenvalue weighted by Crippen LogP contribution is -2.48. The van der Waals surface area contributed by atoms with Crippen LogP contribution in [0, 0.1) is 0 Å². The second-order valence-electron chi connectivity index (χ2n) is 5.98. The van der Waals surface area contributed by atoms with Crippen LogP contribution in [0.25, 0.3) is 0 Å². The third kappa shape index (κ3) is 4.92. The number of anilines is 1. The van der Waals surface area contributed by atoms with Crippen LogP contribution in [0.3, 0.4) is 0 Å². The van der Waals surface area contributed by atoms with E-state index in [1.165, 1.54) is 10.6 Å². The smallest absolute Gasteiger partial charge is 0.223 e. The highest BCUT2D eigenvalue weighted by molar-refractivity contribution is 7.99. The van der Waals surface area contributed by atoms with Crippen molar-refractivity contribution >= 4 is 23.4 Å². The SMILES string of the molecule is COc1ccc(SCCC(=O)N2CCN(c3ccccc3)CC2)cc1. The van der Waals surface area contributed by atoms with Gasteiger partial charge in [-0.15, -0.1) is 11.8 Å². The van der Waals surface area contributed by atoms with Gasteiger partial charge in [0.1, 0.15) is 5.75 Å². The maximum Gasteiger partial charge on any atom is 0.223 e. The Morgan fingerprint density at radius 3 is 2.32 bits per heavy atom. The highest BCUT2D eigenvalue weighted by atomic mass is 32.2. The van der Waals surface area contributed by atoms with Crippen molar-refractivity contribution in [1.29, 1.82) is 0 Å². The fourth-order valence-corrected chi connectivity index (χ4v) is 3.78. The molecule has 1 heterocycles. The first-order valence-corrected chi connectivity index (χ1v) is 9.59. The van der Waals surface area contributed by atoms with Crippen molar-refractivity contribution in [2.24, 2.45) is 0 Å². The van der Waals surface area contributed by atoms with Gasteiger partial charge in [-0.05, 0) is 36.4 Å². The lowest BCUT2D eigenvalue weighted by Gasteiger charge is -2.36. The van der Waals surface area contributed by atoms with E-state index in [0.29, 0.717) is 6.42 Å². The molecule has 0 spiro atoms. The number of para-hydroxylation sites is 1. The minimum Gasteiger partial charge on any atom is -0.497 e. The number of carbonyl (C=O) groups excluding carboxylic acids is 1. The van der Waals surface area contributed by atoms with Crippen molar-refractivity contribution in [3.05, 3.63) is 54.6 Å². The van der Waals surface area contributed by atoms with Crippen LogP contribution < -0.4 is 9.64 Å². The zero-order chi connectivity index (χ0) is 17.5. The van der Waals surface area contributed by atoms with Crippen LogP contribution in [-0.4, -0.2) is 49.8 Å². The van der Waals surface area contributed by atoms with Gasteiger partial charge in [0.2, 0.25) is 5.91 Å². The van der Waals surface area contributed by atoms with Gasteiger partial charge in [-0.25, -0.2) is 0 Å². The average Bonchev–Trinajstić information content (AvgIpc) is 2.69. The highest BCUT2D eigenvalue weighted by Crippen LogP contribution is 2.22. The van der Waals surface area contributed by atoms with Crippen LogP contribution in [0.15, 0.2) is 59.5 Å². The number of amides is 1. The van der Waals surface area contributed by atoms with Crippen LogP contribution in [0.5, 0.6) is 5.75 Å². The number of hydrogen-bond acceptors (Lipinski definition) is 4. The summed E-state index contributed by atoms with van der Waals surface area (Å²) in [7, 11) is 1.67. The van der Waals surface area contributed by atoms with E-state index in [-0.39, 0.29) is 5.91 Å². The number of thioether (sulfide) groups is 1. The first kappa shape index (κ1) is 17.7. The second-order valence-corrected chi connectivity index (χ2v) is 7.15. The molecule has 0 aromatic heterocycles. The number of rotatable bonds is 6. The van der Waals surface area contributed by atoms with Crippen LogP contribution >= 0.6 is 11.8 Å². The first-order valence-electron chi connectivity index (χ1n) is 8.61. The van der Waals surface area contributed by atoms with E-state index in [4.69, 9.17) is 4.74 Å². The number of nitrogens with zero attached hydrogens (tertiary/aromatic N) is 2. The zero-order valence-electron chi connectivity index (χ0n) is 14.6. The molecule has 1 fully saturated rings. The largest absolute Gasteiger partial charge is 0.497 e. The van der Waals surface area contributed by atoms with Crippen LogP contribution in [0.2, 0.25) is 0 Å². The molecule has 2 aromatic carbocycles. The molecule has 1 amide bonds. The summed E-state index contributed by atoms with van der Waals surface area (Å²) in [5, 5.41) is 0. The molecule has 2 aromatic rings. The summed E-state index contributed by atoms with van der Waals surface area (Å²) >= 11 is 1.72. The molecule has 0 unspecified atom stereocenters. The van der Waals surface area contributed by atoms with Crippen molar-refractivity contribution in [2.75, 3.05) is 43.9 Å². The number of piperazine rings is 1. The van der Waals surface area contributed by atoms with Crippen molar-refractivity contribution < 1.29 is 9.53 Å². The van der Waals surface area contributed by atoms with Crippen molar-refractivity contribution in [2.45, 2.75) is 11.3 Å². The summed E-state index contributed by atoms with van der Waals surface area (Å²) in [5.74, 6) is 1.93. The summed E-state index contributed by atoms with van der Waals surface area (Å²) in [6.45, 7) is 3.42. The Morgan fingerprint density at radius 2 is 1.68 bits per heavy atom. The van der Waals surface area contributed by atoms with E-state index in [0.717, 1.165) is 37.7 Å². The molecule has 1 aliphatic heterocycles. The molecule has 0 N–H and O–H groups in total. The average molecular weight is 356 g/mol. The number of ether oxygens (including phenoxy) is 1. The standard InChI is InChI=1S/C20H24N2O2S/c1-24-18-7-9-19(10-8-18)25-16-11-20(23)22-14-12-21(13-15-22)17-5-3-2-4-6-17/h2-10H,11-16H2,1H3. The predicted molar refractivity (Wildman–Crippen MR) is 104 cm³/mol. The number of carbonyl (C=O) groups is 1. The van der Waals surface area contributed by atoms with Gasteiger partial charge in [0.05, 0.1) is 7.11 Å². The quantitative estimate of drug-likeness (QED) is 0.742. The molecule has 0 aliphatic carbocycles. The summed E-state index contributed by atoms with van der Waals surface area (Å²) in [4.78, 5) is 17.9. The fourth-order valence-electron chi connectivity index (χ4n) is 2.94. The maximum atomic E-state index is 12.4. The Balaban J connectivity index is 1.40. The van der Waals surface area contributed by atoms with Gasteiger partial charge in [-0.2, -0.15) is 0 Å². The molecular weight excluding hydrogens is 332 g/mol. The zero-order valence-corrected chi connectivity index (χ0v) is 15.4. The summed E-state index contributed by atoms with van der Waals surface area (Å²) in [5.41, 5.74) is 1.24. The normalized spacial score (nSPS) is 14.4. The van der Waals surface area contributed by atoms with Gasteiger partial charge in [0.25, 0.3) is 0 Å². The van der Waals surface area contributed by atoms with Gasteiger partial charge in [0.15, 0.2) is 0 Å². The Morgan fingerprint density at radius 1 is 1.00 bits per heavy atom. The van der Waals surface area contributed by atoms with Gasteiger partial charge < -0.3 is 14.5 Å². The summed E-state index contributed by atoms with van der Waals surface area (Å²) in [6, 6.07) is 18.4. The van der Waals surface area contributed by atoms with Gasteiger partial charge in [-0.3, -0.25) is 4.79 Å².